The van der Waals surface area contributed by atoms with E-state index < -0.39 is 6.04 Å². The Balaban J connectivity index is 2.09. The second-order valence-electron chi connectivity index (χ2n) is 4.14. The van der Waals surface area contributed by atoms with Gasteiger partial charge in [-0.25, -0.2) is 0 Å². The summed E-state index contributed by atoms with van der Waals surface area (Å²) in [7, 11) is 1.35. The first-order valence-electron chi connectivity index (χ1n) is 6.24. The highest BCUT2D eigenvalue weighted by atomic mass is 32.2. The monoisotopic (exact) mass is 283 g/mol. The van der Waals surface area contributed by atoms with Gasteiger partial charge in [0.1, 0.15) is 11.8 Å². The highest BCUT2D eigenvalue weighted by Crippen LogP contribution is 2.16. The molecule has 2 N–H and O–H groups in total. The van der Waals surface area contributed by atoms with Gasteiger partial charge in [0.25, 0.3) is 0 Å². The first-order valence-corrected chi connectivity index (χ1v) is 7.40. The zero-order chi connectivity index (χ0) is 14.1. The number of carbonyl (C=O) groups excluding carboxylic acids is 1. The van der Waals surface area contributed by atoms with Gasteiger partial charge in [0.2, 0.25) is 0 Å². The number of nitrogens with two attached hydrogens (primary N) is 1. The Bertz CT molecular complexity index is 398. The lowest BCUT2D eigenvalue weighted by molar-refractivity contribution is -0.142. The summed E-state index contributed by atoms with van der Waals surface area (Å²) in [5, 5.41) is 0. The summed E-state index contributed by atoms with van der Waals surface area (Å²) in [4.78, 5) is 11.1. The first kappa shape index (κ1) is 15.9. The molecule has 0 bridgehead atoms. The van der Waals surface area contributed by atoms with Crippen LogP contribution < -0.4 is 10.5 Å². The average molecular weight is 283 g/mol. The summed E-state index contributed by atoms with van der Waals surface area (Å²) in [5.74, 6) is 2.28. The van der Waals surface area contributed by atoms with Crippen molar-refractivity contribution < 1.29 is 14.3 Å². The van der Waals surface area contributed by atoms with E-state index >= 15 is 0 Å². The lowest BCUT2D eigenvalue weighted by Crippen LogP contribution is -2.32. The van der Waals surface area contributed by atoms with Crippen LogP contribution in [0.15, 0.2) is 24.3 Å². The normalized spacial score (nSPS) is 11.9. The Morgan fingerprint density at radius 1 is 1.37 bits per heavy atom. The van der Waals surface area contributed by atoms with Crippen molar-refractivity contribution in [3.63, 3.8) is 0 Å². The molecule has 0 amide bonds. The molecule has 1 aromatic rings. The lowest BCUT2D eigenvalue weighted by atomic mass is 10.2. The third kappa shape index (κ3) is 5.98. The van der Waals surface area contributed by atoms with E-state index in [1.807, 2.05) is 31.2 Å². The Hall–Kier alpha value is -1.20. The minimum absolute atomic E-state index is 0.350. The molecular formula is C14H21NO3S. The highest BCUT2D eigenvalue weighted by molar-refractivity contribution is 7.99. The third-order valence-electron chi connectivity index (χ3n) is 2.66. The molecule has 0 heterocycles. The molecular weight excluding hydrogens is 262 g/mol. The molecule has 0 spiro atoms. The number of carbonyl (C=O) groups is 1. The number of esters is 1. The number of para-hydroxylation sites is 1. The molecule has 1 aromatic carbocycles. The maximum Gasteiger partial charge on any atom is 0.322 e. The van der Waals surface area contributed by atoms with Crippen LogP contribution >= 0.6 is 11.8 Å². The molecule has 0 saturated heterocycles. The van der Waals surface area contributed by atoms with Crippen molar-refractivity contribution in [3.05, 3.63) is 29.8 Å². The minimum Gasteiger partial charge on any atom is -0.492 e. The summed E-state index contributed by atoms with van der Waals surface area (Å²) in [6.07, 6.45) is 0.627. The van der Waals surface area contributed by atoms with Crippen LogP contribution in [0.3, 0.4) is 0 Å². The van der Waals surface area contributed by atoms with Gasteiger partial charge in [-0.15, -0.1) is 0 Å². The van der Waals surface area contributed by atoms with E-state index in [4.69, 9.17) is 10.5 Å². The molecule has 0 aromatic heterocycles. The van der Waals surface area contributed by atoms with Gasteiger partial charge in [0.05, 0.1) is 13.7 Å². The summed E-state index contributed by atoms with van der Waals surface area (Å²) in [6.45, 7) is 2.68. The summed E-state index contributed by atoms with van der Waals surface area (Å²) < 4.78 is 10.2. The van der Waals surface area contributed by atoms with Crippen molar-refractivity contribution >= 4 is 17.7 Å². The van der Waals surface area contributed by atoms with Crippen LogP contribution in [0.2, 0.25) is 0 Å². The standard InChI is InChI=1S/C14H21NO3S/c1-11-5-3-4-6-13(11)18-8-10-19-9-7-12(15)14(16)17-2/h3-6,12H,7-10,15H2,1-2H3. The number of hydrogen-bond acceptors (Lipinski definition) is 5. The SMILES string of the molecule is COC(=O)C(N)CCSCCOc1ccccc1C. The average Bonchev–Trinajstić information content (AvgIpc) is 2.43. The fourth-order valence-electron chi connectivity index (χ4n) is 1.51. The van der Waals surface area contributed by atoms with E-state index in [-0.39, 0.29) is 5.97 Å². The Kier molecular flexibility index (Phi) is 7.36. The van der Waals surface area contributed by atoms with Gasteiger partial charge in [0, 0.05) is 5.75 Å². The van der Waals surface area contributed by atoms with Gasteiger partial charge in [-0.05, 0) is 30.7 Å². The zero-order valence-electron chi connectivity index (χ0n) is 11.4. The number of hydrogen-bond donors (Lipinski definition) is 1. The number of benzene rings is 1. The van der Waals surface area contributed by atoms with Crippen LogP contribution in [0.1, 0.15) is 12.0 Å². The smallest absolute Gasteiger partial charge is 0.322 e. The fourth-order valence-corrected chi connectivity index (χ4v) is 2.34. The maximum atomic E-state index is 11.1. The molecule has 1 rings (SSSR count). The van der Waals surface area contributed by atoms with Crippen LogP contribution in [-0.2, 0) is 9.53 Å². The van der Waals surface area contributed by atoms with Crippen LogP contribution in [-0.4, -0.2) is 37.2 Å². The largest absolute Gasteiger partial charge is 0.492 e. The number of aryl methyl sites for hydroxylation is 1. The number of thioether (sulfide) groups is 1. The number of ether oxygens (including phenoxy) is 2. The number of methoxy groups -OCH3 is 1. The van der Waals surface area contributed by atoms with Crippen molar-refractivity contribution in [1.82, 2.24) is 0 Å². The van der Waals surface area contributed by atoms with Gasteiger partial charge < -0.3 is 15.2 Å². The summed E-state index contributed by atoms with van der Waals surface area (Å²) >= 11 is 1.72. The van der Waals surface area contributed by atoms with E-state index in [9.17, 15) is 4.79 Å². The molecule has 5 heteroatoms. The molecule has 0 saturated carbocycles. The van der Waals surface area contributed by atoms with Crippen molar-refractivity contribution in [2.75, 3.05) is 25.2 Å². The molecule has 106 valence electrons. The Morgan fingerprint density at radius 2 is 2.11 bits per heavy atom. The van der Waals surface area contributed by atoms with Crippen LogP contribution in [0, 0.1) is 6.92 Å². The van der Waals surface area contributed by atoms with Gasteiger partial charge >= 0.3 is 5.97 Å². The Morgan fingerprint density at radius 3 is 2.79 bits per heavy atom. The first-order chi connectivity index (χ1) is 9.15. The number of rotatable bonds is 8. The second-order valence-corrected chi connectivity index (χ2v) is 5.37. The predicted molar refractivity (Wildman–Crippen MR) is 78.6 cm³/mol. The quantitative estimate of drug-likeness (QED) is 0.584. The van der Waals surface area contributed by atoms with Crippen LogP contribution in [0.4, 0.5) is 0 Å². The van der Waals surface area contributed by atoms with Crippen LogP contribution in [0.25, 0.3) is 0 Å². The van der Waals surface area contributed by atoms with E-state index in [0.29, 0.717) is 13.0 Å². The molecule has 1 atom stereocenters. The minimum atomic E-state index is -0.519. The highest BCUT2D eigenvalue weighted by Gasteiger charge is 2.12. The summed E-state index contributed by atoms with van der Waals surface area (Å²) in [5.41, 5.74) is 6.77. The molecule has 0 radical (unpaired) electrons. The van der Waals surface area contributed by atoms with Crippen molar-refractivity contribution in [3.8, 4) is 5.75 Å². The van der Waals surface area contributed by atoms with Crippen LogP contribution in [0.5, 0.6) is 5.75 Å². The topological polar surface area (TPSA) is 61.5 Å². The van der Waals surface area contributed by atoms with Crippen molar-refractivity contribution in [2.24, 2.45) is 5.73 Å². The van der Waals surface area contributed by atoms with E-state index in [1.54, 1.807) is 11.8 Å². The molecule has 4 nitrogen and oxygen atoms in total. The van der Waals surface area contributed by atoms with Gasteiger partial charge in [-0.2, -0.15) is 11.8 Å². The third-order valence-corrected chi connectivity index (χ3v) is 3.64. The van der Waals surface area contributed by atoms with Crippen molar-refractivity contribution in [2.45, 2.75) is 19.4 Å². The van der Waals surface area contributed by atoms with E-state index in [0.717, 1.165) is 22.8 Å². The molecule has 1 unspecified atom stereocenters. The fraction of sp³-hybridized carbons (Fsp3) is 0.500. The second kappa shape index (κ2) is 8.82. The lowest BCUT2D eigenvalue weighted by Gasteiger charge is -2.10. The van der Waals surface area contributed by atoms with Gasteiger partial charge in [-0.1, -0.05) is 18.2 Å². The molecule has 0 aliphatic rings. The zero-order valence-corrected chi connectivity index (χ0v) is 12.2. The summed E-state index contributed by atoms with van der Waals surface area (Å²) in [6, 6.07) is 7.43. The van der Waals surface area contributed by atoms with Gasteiger partial charge in [0.15, 0.2) is 0 Å². The van der Waals surface area contributed by atoms with E-state index in [2.05, 4.69) is 4.74 Å². The molecule has 0 aliphatic heterocycles. The molecule has 0 aliphatic carbocycles. The Labute approximate surface area is 118 Å². The maximum absolute atomic E-state index is 11.1. The van der Waals surface area contributed by atoms with Crippen molar-refractivity contribution in [1.29, 1.82) is 0 Å². The van der Waals surface area contributed by atoms with E-state index in [1.165, 1.54) is 7.11 Å². The molecule has 0 fully saturated rings. The predicted octanol–water partition coefficient (Wildman–Crippen LogP) is 2.00. The molecule has 19 heavy (non-hydrogen) atoms. The van der Waals surface area contributed by atoms with Gasteiger partial charge in [-0.3, -0.25) is 4.79 Å².